The quantitative estimate of drug-likeness (QED) is 0.724. The van der Waals surface area contributed by atoms with Crippen LogP contribution in [0.15, 0.2) is 53.3 Å². The van der Waals surface area contributed by atoms with E-state index in [0.717, 1.165) is 0 Å². The maximum Gasteiger partial charge on any atom is 0.258 e. The SMILES string of the molecule is COc1ccccc1NC(=O)CCCc1nc2ccccc2c(=O)[nH]1. The number of carbonyl (C=O) groups is 1. The van der Waals surface area contributed by atoms with Gasteiger partial charge in [0.1, 0.15) is 11.6 Å². The molecule has 3 rings (SSSR count). The number of hydrogen-bond acceptors (Lipinski definition) is 4. The number of rotatable bonds is 6. The number of nitrogens with zero attached hydrogens (tertiary/aromatic N) is 1. The minimum Gasteiger partial charge on any atom is -0.495 e. The summed E-state index contributed by atoms with van der Waals surface area (Å²) in [6.45, 7) is 0. The van der Waals surface area contributed by atoms with Gasteiger partial charge in [0.2, 0.25) is 5.91 Å². The Balaban J connectivity index is 1.59. The second kappa shape index (κ2) is 7.61. The third-order valence-electron chi connectivity index (χ3n) is 3.86. The van der Waals surface area contributed by atoms with E-state index >= 15 is 0 Å². The van der Waals surface area contributed by atoms with Crippen molar-refractivity contribution in [3.63, 3.8) is 0 Å². The Labute approximate surface area is 144 Å². The van der Waals surface area contributed by atoms with Gasteiger partial charge in [-0.15, -0.1) is 0 Å². The number of aromatic amines is 1. The molecule has 1 amide bonds. The summed E-state index contributed by atoms with van der Waals surface area (Å²) in [5.41, 5.74) is 1.16. The first-order chi connectivity index (χ1) is 12.2. The number of hydrogen-bond donors (Lipinski definition) is 2. The number of methoxy groups -OCH3 is 1. The highest BCUT2D eigenvalue weighted by Crippen LogP contribution is 2.23. The van der Waals surface area contributed by atoms with Crippen molar-refractivity contribution in [2.45, 2.75) is 19.3 Å². The lowest BCUT2D eigenvalue weighted by atomic mass is 10.2. The molecule has 0 spiro atoms. The van der Waals surface area contributed by atoms with Crippen LogP contribution in [-0.2, 0) is 11.2 Å². The largest absolute Gasteiger partial charge is 0.495 e. The minimum absolute atomic E-state index is 0.104. The molecule has 3 aromatic rings. The first-order valence-electron chi connectivity index (χ1n) is 8.08. The molecule has 0 atom stereocenters. The number of aromatic nitrogens is 2. The standard InChI is InChI=1S/C19H19N3O3/c1-25-16-10-5-4-9-15(16)21-18(23)12-6-11-17-20-14-8-3-2-7-13(14)19(24)22-17/h2-5,7-10H,6,11-12H2,1H3,(H,21,23)(H,20,22,24). The molecule has 0 radical (unpaired) electrons. The van der Waals surface area contributed by atoms with E-state index in [2.05, 4.69) is 15.3 Å². The Kier molecular flexibility index (Phi) is 5.09. The fraction of sp³-hybridized carbons (Fsp3) is 0.211. The zero-order chi connectivity index (χ0) is 17.6. The molecule has 0 fully saturated rings. The molecular formula is C19H19N3O3. The molecule has 1 heterocycles. The van der Waals surface area contributed by atoms with Crippen molar-refractivity contribution in [3.05, 3.63) is 64.7 Å². The maximum atomic E-state index is 12.1. The number of ether oxygens (including phenoxy) is 1. The van der Waals surface area contributed by atoms with Gasteiger partial charge >= 0.3 is 0 Å². The van der Waals surface area contributed by atoms with E-state index in [-0.39, 0.29) is 11.5 Å². The summed E-state index contributed by atoms with van der Waals surface area (Å²) in [6.07, 6.45) is 1.44. The lowest BCUT2D eigenvalue weighted by Crippen LogP contribution is -2.14. The first-order valence-corrected chi connectivity index (χ1v) is 8.08. The van der Waals surface area contributed by atoms with Gasteiger partial charge in [-0.2, -0.15) is 0 Å². The summed E-state index contributed by atoms with van der Waals surface area (Å²) >= 11 is 0. The molecule has 25 heavy (non-hydrogen) atoms. The van der Waals surface area contributed by atoms with Crippen LogP contribution in [0.25, 0.3) is 10.9 Å². The molecule has 0 saturated heterocycles. The second-order valence-electron chi connectivity index (χ2n) is 5.63. The third-order valence-corrected chi connectivity index (χ3v) is 3.86. The number of aryl methyl sites for hydroxylation is 1. The van der Waals surface area contributed by atoms with Gasteiger partial charge in [0.05, 0.1) is 23.7 Å². The topological polar surface area (TPSA) is 84.1 Å². The van der Waals surface area contributed by atoms with Crippen molar-refractivity contribution >= 4 is 22.5 Å². The van der Waals surface area contributed by atoms with Crippen LogP contribution in [0, 0.1) is 0 Å². The van der Waals surface area contributed by atoms with Gasteiger partial charge in [-0.05, 0) is 30.7 Å². The Bertz CT molecular complexity index is 950. The molecule has 0 aliphatic carbocycles. The Hall–Kier alpha value is -3.15. The Morgan fingerprint density at radius 2 is 1.92 bits per heavy atom. The van der Waals surface area contributed by atoms with E-state index in [4.69, 9.17) is 4.74 Å². The van der Waals surface area contributed by atoms with E-state index < -0.39 is 0 Å². The summed E-state index contributed by atoms with van der Waals surface area (Å²) in [7, 11) is 1.56. The smallest absolute Gasteiger partial charge is 0.258 e. The van der Waals surface area contributed by atoms with Crippen molar-refractivity contribution in [2.75, 3.05) is 12.4 Å². The average molecular weight is 337 g/mol. The van der Waals surface area contributed by atoms with Crippen molar-refractivity contribution in [3.8, 4) is 5.75 Å². The van der Waals surface area contributed by atoms with Crippen LogP contribution in [0.3, 0.4) is 0 Å². The summed E-state index contributed by atoms with van der Waals surface area (Å²) in [5, 5.41) is 3.40. The normalized spacial score (nSPS) is 10.6. The van der Waals surface area contributed by atoms with E-state index in [1.807, 2.05) is 24.3 Å². The van der Waals surface area contributed by atoms with Crippen LogP contribution in [0.4, 0.5) is 5.69 Å². The van der Waals surface area contributed by atoms with Crippen LogP contribution in [0.5, 0.6) is 5.75 Å². The fourth-order valence-corrected chi connectivity index (χ4v) is 2.63. The summed E-state index contributed by atoms with van der Waals surface area (Å²) in [6, 6.07) is 14.5. The van der Waals surface area contributed by atoms with Crippen LogP contribution in [-0.4, -0.2) is 23.0 Å². The number of para-hydroxylation sites is 3. The van der Waals surface area contributed by atoms with E-state index in [9.17, 15) is 9.59 Å². The predicted octanol–water partition coefficient (Wildman–Crippen LogP) is 2.89. The lowest BCUT2D eigenvalue weighted by molar-refractivity contribution is -0.116. The molecule has 1 aromatic heterocycles. The molecule has 0 aliphatic rings. The first kappa shape index (κ1) is 16.7. The molecular weight excluding hydrogens is 318 g/mol. The van der Waals surface area contributed by atoms with Crippen LogP contribution in [0.2, 0.25) is 0 Å². The zero-order valence-corrected chi connectivity index (χ0v) is 13.9. The molecule has 2 N–H and O–H groups in total. The predicted molar refractivity (Wildman–Crippen MR) is 96.9 cm³/mol. The maximum absolute atomic E-state index is 12.1. The molecule has 0 saturated carbocycles. The van der Waals surface area contributed by atoms with Gasteiger partial charge < -0.3 is 15.0 Å². The van der Waals surface area contributed by atoms with Gasteiger partial charge in [-0.1, -0.05) is 24.3 Å². The lowest BCUT2D eigenvalue weighted by Gasteiger charge is -2.09. The molecule has 0 unspecified atom stereocenters. The summed E-state index contributed by atoms with van der Waals surface area (Å²) in [5.74, 6) is 1.11. The highest BCUT2D eigenvalue weighted by Gasteiger charge is 2.08. The van der Waals surface area contributed by atoms with E-state index in [0.29, 0.717) is 47.4 Å². The zero-order valence-electron chi connectivity index (χ0n) is 13.9. The van der Waals surface area contributed by atoms with Crippen molar-refractivity contribution in [1.82, 2.24) is 9.97 Å². The van der Waals surface area contributed by atoms with Crippen molar-refractivity contribution < 1.29 is 9.53 Å². The van der Waals surface area contributed by atoms with Gasteiger partial charge in [0.15, 0.2) is 0 Å². The molecule has 6 heteroatoms. The number of anilines is 1. The molecule has 0 aliphatic heterocycles. The number of fused-ring (bicyclic) bond motifs is 1. The molecule has 0 bridgehead atoms. The minimum atomic E-state index is -0.154. The van der Waals surface area contributed by atoms with Crippen LogP contribution >= 0.6 is 0 Å². The van der Waals surface area contributed by atoms with Gasteiger partial charge in [-0.25, -0.2) is 4.98 Å². The number of carbonyl (C=O) groups excluding carboxylic acids is 1. The Morgan fingerprint density at radius 3 is 2.76 bits per heavy atom. The summed E-state index contributed by atoms with van der Waals surface area (Å²) < 4.78 is 5.21. The van der Waals surface area contributed by atoms with E-state index in [1.54, 1.807) is 31.4 Å². The molecule has 6 nitrogen and oxygen atoms in total. The monoisotopic (exact) mass is 337 g/mol. The van der Waals surface area contributed by atoms with Crippen LogP contribution < -0.4 is 15.6 Å². The second-order valence-corrected chi connectivity index (χ2v) is 5.63. The van der Waals surface area contributed by atoms with E-state index in [1.165, 1.54) is 0 Å². The number of nitrogens with one attached hydrogen (secondary N) is 2. The molecule has 128 valence electrons. The summed E-state index contributed by atoms with van der Waals surface area (Å²) in [4.78, 5) is 31.3. The number of H-pyrrole nitrogens is 1. The fourth-order valence-electron chi connectivity index (χ4n) is 2.63. The highest BCUT2D eigenvalue weighted by molar-refractivity contribution is 5.92. The van der Waals surface area contributed by atoms with Gasteiger partial charge in [-0.3, -0.25) is 9.59 Å². The van der Waals surface area contributed by atoms with Gasteiger partial charge in [0.25, 0.3) is 5.56 Å². The molecule has 2 aromatic carbocycles. The number of amides is 1. The van der Waals surface area contributed by atoms with Crippen LogP contribution in [0.1, 0.15) is 18.7 Å². The third kappa shape index (κ3) is 4.03. The van der Waals surface area contributed by atoms with Crippen molar-refractivity contribution in [1.29, 1.82) is 0 Å². The highest BCUT2D eigenvalue weighted by atomic mass is 16.5. The van der Waals surface area contributed by atoms with Crippen molar-refractivity contribution in [2.24, 2.45) is 0 Å². The average Bonchev–Trinajstić information content (AvgIpc) is 2.62. The van der Waals surface area contributed by atoms with Gasteiger partial charge in [0, 0.05) is 12.8 Å². The number of benzene rings is 2. The Morgan fingerprint density at radius 1 is 1.16 bits per heavy atom.